The lowest BCUT2D eigenvalue weighted by Crippen LogP contribution is -2.04. The van der Waals surface area contributed by atoms with Crippen molar-refractivity contribution in [3.8, 4) is 0 Å². The molecule has 0 spiro atoms. The number of aromatic carboxylic acids is 1. The summed E-state index contributed by atoms with van der Waals surface area (Å²) in [7, 11) is 0. The van der Waals surface area contributed by atoms with Gasteiger partial charge in [-0.2, -0.15) is 0 Å². The molecule has 2 aromatic carbocycles. The van der Waals surface area contributed by atoms with Crippen LogP contribution in [0.1, 0.15) is 10.4 Å². The van der Waals surface area contributed by atoms with Crippen LogP contribution < -0.4 is 5.32 Å². The van der Waals surface area contributed by atoms with Crippen LogP contribution >= 0.6 is 39.1 Å². The molecule has 0 aromatic heterocycles. The molecule has 0 bridgehead atoms. The van der Waals surface area contributed by atoms with Crippen molar-refractivity contribution in [1.82, 2.24) is 0 Å². The van der Waals surface area contributed by atoms with E-state index in [0.29, 0.717) is 10.2 Å². The number of benzene rings is 2. The number of carbonyl (C=O) groups is 1. The summed E-state index contributed by atoms with van der Waals surface area (Å²) in [5.74, 6) is -1.31. The number of nitro benzene ring substituents is 1. The highest BCUT2D eigenvalue weighted by molar-refractivity contribution is 9.10. The Balaban J connectivity index is 2.50. The van der Waals surface area contributed by atoms with Crippen LogP contribution in [-0.4, -0.2) is 16.0 Å². The zero-order valence-electron chi connectivity index (χ0n) is 10.6. The lowest BCUT2D eigenvalue weighted by molar-refractivity contribution is -0.384. The Bertz CT molecular complexity index is 760. The summed E-state index contributed by atoms with van der Waals surface area (Å²) >= 11 is 15.4. The van der Waals surface area contributed by atoms with Crippen LogP contribution in [-0.2, 0) is 0 Å². The summed E-state index contributed by atoms with van der Waals surface area (Å²) in [6.07, 6.45) is 0. The quantitative estimate of drug-likeness (QED) is 0.544. The van der Waals surface area contributed by atoms with Crippen molar-refractivity contribution in [2.75, 3.05) is 5.32 Å². The average Bonchev–Trinajstić information content (AvgIpc) is 2.42. The number of nitro groups is 1. The molecular weight excluding hydrogens is 399 g/mol. The van der Waals surface area contributed by atoms with E-state index < -0.39 is 10.9 Å². The van der Waals surface area contributed by atoms with Gasteiger partial charge in [-0.15, -0.1) is 0 Å². The molecule has 22 heavy (non-hydrogen) atoms. The lowest BCUT2D eigenvalue weighted by atomic mass is 10.1. The molecule has 0 aliphatic rings. The Morgan fingerprint density at radius 1 is 1.23 bits per heavy atom. The van der Waals surface area contributed by atoms with E-state index in [4.69, 9.17) is 23.2 Å². The van der Waals surface area contributed by atoms with E-state index in [1.165, 1.54) is 12.1 Å². The number of hydrogen-bond donors (Lipinski definition) is 2. The third kappa shape index (κ3) is 3.49. The Kier molecular flexibility index (Phi) is 4.90. The number of non-ortho nitro benzene ring substituents is 1. The van der Waals surface area contributed by atoms with Gasteiger partial charge in [0.2, 0.25) is 0 Å². The van der Waals surface area contributed by atoms with Gasteiger partial charge in [0, 0.05) is 16.6 Å². The van der Waals surface area contributed by atoms with Crippen LogP contribution in [0, 0.1) is 10.1 Å². The molecule has 0 atom stereocenters. The minimum atomic E-state index is -1.31. The zero-order chi connectivity index (χ0) is 16.4. The molecule has 0 radical (unpaired) electrons. The van der Waals surface area contributed by atoms with Gasteiger partial charge in [-0.25, -0.2) is 4.79 Å². The predicted octanol–water partition coefficient (Wildman–Crippen LogP) is 5.11. The molecule has 2 N–H and O–H groups in total. The minimum Gasteiger partial charge on any atom is -0.478 e. The minimum absolute atomic E-state index is 0.143. The molecule has 2 aromatic rings. The van der Waals surface area contributed by atoms with Crippen LogP contribution in [0.4, 0.5) is 17.1 Å². The molecule has 0 unspecified atom stereocenters. The maximum absolute atomic E-state index is 11.3. The van der Waals surface area contributed by atoms with E-state index in [2.05, 4.69) is 21.2 Å². The Hall–Kier alpha value is -1.83. The largest absolute Gasteiger partial charge is 0.478 e. The Labute approximate surface area is 142 Å². The van der Waals surface area contributed by atoms with Crippen molar-refractivity contribution in [3.05, 3.63) is 60.5 Å². The van der Waals surface area contributed by atoms with Gasteiger partial charge in [-0.1, -0.05) is 39.1 Å². The number of halogens is 3. The SMILES string of the molecule is O=C(O)c1cc([N+](=O)[O-])ccc1Nc1c(Cl)cc(Br)cc1Cl. The van der Waals surface area contributed by atoms with Gasteiger partial charge >= 0.3 is 5.97 Å². The van der Waals surface area contributed by atoms with E-state index in [9.17, 15) is 20.0 Å². The maximum atomic E-state index is 11.3. The normalized spacial score (nSPS) is 10.3. The molecule has 9 heteroatoms. The van der Waals surface area contributed by atoms with Crippen LogP contribution in [0.3, 0.4) is 0 Å². The summed E-state index contributed by atoms with van der Waals surface area (Å²) in [6.45, 7) is 0. The first kappa shape index (κ1) is 16.5. The highest BCUT2D eigenvalue weighted by Gasteiger charge is 2.18. The van der Waals surface area contributed by atoms with Gasteiger partial charge in [-0.05, 0) is 18.2 Å². The summed E-state index contributed by atoms with van der Waals surface area (Å²) in [5.41, 5.74) is -0.132. The van der Waals surface area contributed by atoms with Crippen LogP contribution in [0.5, 0.6) is 0 Å². The van der Waals surface area contributed by atoms with Crippen LogP contribution in [0.25, 0.3) is 0 Å². The van der Waals surface area contributed by atoms with Gasteiger partial charge in [0.05, 0.1) is 31.9 Å². The first-order valence-corrected chi connectivity index (χ1v) is 7.28. The fourth-order valence-corrected chi connectivity index (χ4v) is 3.03. The molecule has 0 amide bonds. The third-order valence-electron chi connectivity index (χ3n) is 2.71. The fraction of sp³-hybridized carbons (Fsp3) is 0. The molecule has 0 saturated heterocycles. The van der Waals surface area contributed by atoms with Crippen molar-refractivity contribution in [2.45, 2.75) is 0 Å². The predicted molar refractivity (Wildman–Crippen MR) is 87.5 cm³/mol. The highest BCUT2D eigenvalue weighted by Crippen LogP contribution is 2.37. The number of carboxylic acid groups (broad SMARTS) is 1. The van der Waals surface area contributed by atoms with Gasteiger partial charge in [0.25, 0.3) is 5.69 Å². The van der Waals surface area contributed by atoms with E-state index in [0.717, 1.165) is 6.07 Å². The number of rotatable bonds is 4. The molecule has 0 fully saturated rings. The number of carboxylic acids is 1. The first-order chi connectivity index (χ1) is 10.3. The van der Waals surface area contributed by atoms with Crippen molar-refractivity contribution >= 4 is 62.2 Å². The van der Waals surface area contributed by atoms with Gasteiger partial charge in [0.1, 0.15) is 0 Å². The van der Waals surface area contributed by atoms with E-state index >= 15 is 0 Å². The topological polar surface area (TPSA) is 92.5 Å². The molecule has 114 valence electrons. The summed E-state index contributed by atoms with van der Waals surface area (Å²) in [4.78, 5) is 21.3. The molecule has 0 heterocycles. The molecular formula is C13H7BrCl2N2O4. The number of hydrogen-bond acceptors (Lipinski definition) is 4. The van der Waals surface area contributed by atoms with Crippen LogP contribution in [0.2, 0.25) is 10.0 Å². The van der Waals surface area contributed by atoms with E-state index in [-0.39, 0.29) is 27.0 Å². The first-order valence-electron chi connectivity index (χ1n) is 5.73. The van der Waals surface area contributed by atoms with E-state index in [1.54, 1.807) is 12.1 Å². The number of nitrogens with one attached hydrogen (secondary N) is 1. The van der Waals surface area contributed by atoms with E-state index in [1.807, 2.05) is 0 Å². The van der Waals surface area contributed by atoms with Crippen molar-refractivity contribution < 1.29 is 14.8 Å². The van der Waals surface area contributed by atoms with Crippen molar-refractivity contribution in [1.29, 1.82) is 0 Å². The van der Waals surface area contributed by atoms with Gasteiger partial charge in [0.15, 0.2) is 0 Å². The monoisotopic (exact) mass is 404 g/mol. The standard InChI is InChI=1S/C13H7BrCl2N2O4/c14-6-3-9(15)12(10(16)4-6)17-11-2-1-7(18(21)22)5-8(11)13(19)20/h1-5,17H,(H,19,20). The summed E-state index contributed by atoms with van der Waals surface area (Å²) in [5, 5.41) is 23.3. The Morgan fingerprint density at radius 2 is 1.82 bits per heavy atom. The molecule has 2 rings (SSSR count). The summed E-state index contributed by atoms with van der Waals surface area (Å²) < 4.78 is 0.662. The second-order valence-corrected chi connectivity index (χ2v) is 5.89. The highest BCUT2D eigenvalue weighted by atomic mass is 79.9. The Morgan fingerprint density at radius 3 is 2.32 bits per heavy atom. The molecule has 6 nitrogen and oxygen atoms in total. The third-order valence-corrected chi connectivity index (χ3v) is 3.76. The zero-order valence-corrected chi connectivity index (χ0v) is 13.7. The second kappa shape index (κ2) is 6.51. The van der Waals surface area contributed by atoms with Crippen molar-refractivity contribution in [2.24, 2.45) is 0 Å². The molecule has 0 aliphatic heterocycles. The number of nitrogens with zero attached hydrogens (tertiary/aromatic N) is 1. The lowest BCUT2D eigenvalue weighted by Gasteiger charge is -2.13. The van der Waals surface area contributed by atoms with Crippen LogP contribution in [0.15, 0.2) is 34.8 Å². The van der Waals surface area contributed by atoms with Gasteiger partial charge in [-0.3, -0.25) is 10.1 Å². The van der Waals surface area contributed by atoms with Crippen molar-refractivity contribution in [3.63, 3.8) is 0 Å². The molecule has 0 aliphatic carbocycles. The number of anilines is 2. The second-order valence-electron chi connectivity index (χ2n) is 4.16. The molecule has 0 saturated carbocycles. The summed E-state index contributed by atoms with van der Waals surface area (Å²) in [6, 6.07) is 6.61. The average molecular weight is 406 g/mol. The fourth-order valence-electron chi connectivity index (χ4n) is 1.73. The van der Waals surface area contributed by atoms with Gasteiger partial charge < -0.3 is 10.4 Å². The smallest absolute Gasteiger partial charge is 0.338 e. The maximum Gasteiger partial charge on any atom is 0.338 e.